The van der Waals surface area contributed by atoms with Crippen LogP contribution in [0.1, 0.15) is 23.7 Å². The number of hydrogen-bond donors (Lipinski definition) is 1. The van der Waals surface area contributed by atoms with Crippen LogP contribution in [0.4, 0.5) is 8.78 Å². The molecule has 0 amide bonds. The molecule has 0 aliphatic heterocycles. The highest BCUT2D eigenvalue weighted by molar-refractivity contribution is 6.69. The second kappa shape index (κ2) is 6.06. The number of nitrogens with zero attached hydrogens (tertiary/aromatic N) is 2. The Morgan fingerprint density at radius 1 is 1.32 bits per heavy atom. The van der Waals surface area contributed by atoms with Crippen molar-refractivity contribution in [3.8, 4) is 0 Å². The molecular formula is C14H18ClF2N3OSi. The third-order valence-corrected chi connectivity index (χ3v) is 4.80. The van der Waals surface area contributed by atoms with Gasteiger partial charge in [-0.05, 0) is 32.6 Å². The Hall–Kier alpha value is -1.31. The number of halogens is 3. The summed E-state index contributed by atoms with van der Waals surface area (Å²) in [4.78, 5) is 4.03. The maximum Gasteiger partial charge on any atom is 0.185 e. The first-order chi connectivity index (χ1) is 10.1. The normalized spacial score (nSPS) is 16.3. The molecule has 1 aromatic carbocycles. The molecule has 8 heteroatoms. The molecule has 1 N–H and O–H groups in total. The highest BCUT2D eigenvalue weighted by Crippen LogP contribution is 2.44. The van der Waals surface area contributed by atoms with Crippen molar-refractivity contribution in [2.75, 3.05) is 0 Å². The number of rotatable bonds is 5. The van der Waals surface area contributed by atoms with E-state index in [2.05, 4.69) is 15.2 Å². The van der Waals surface area contributed by atoms with Gasteiger partial charge in [0.05, 0.1) is 0 Å². The Bertz CT molecular complexity index is 648. The fraction of sp³-hybridized carbons (Fsp3) is 0.429. The molecular weight excluding hydrogens is 328 g/mol. The van der Waals surface area contributed by atoms with Gasteiger partial charge in [0, 0.05) is 11.6 Å². The summed E-state index contributed by atoms with van der Waals surface area (Å²) in [6, 6.07) is 3.37. The molecule has 1 heterocycles. The summed E-state index contributed by atoms with van der Waals surface area (Å²) in [6.07, 6.45) is 1.32. The predicted molar refractivity (Wildman–Crippen MR) is 83.1 cm³/mol. The molecule has 2 unspecified atom stereocenters. The highest BCUT2D eigenvalue weighted by Gasteiger charge is 2.43. The van der Waals surface area contributed by atoms with Crippen LogP contribution < -0.4 is 0 Å². The molecule has 0 bridgehead atoms. The molecule has 2 rings (SSSR count). The fourth-order valence-electron chi connectivity index (χ4n) is 2.37. The third-order valence-electron chi connectivity index (χ3n) is 3.14. The van der Waals surface area contributed by atoms with Gasteiger partial charge >= 0.3 is 0 Å². The lowest BCUT2D eigenvalue weighted by molar-refractivity contribution is 0.0665. The molecule has 1 aromatic heterocycles. The number of H-pyrrole nitrogens is 1. The minimum Gasteiger partial charge on any atom is -0.406 e. The average Bonchev–Trinajstić information content (AvgIpc) is 2.88. The Balaban J connectivity index is 2.54. The van der Waals surface area contributed by atoms with Crippen LogP contribution in [0.25, 0.3) is 0 Å². The quantitative estimate of drug-likeness (QED) is 0.654. The second-order valence-electron chi connectivity index (χ2n) is 6.18. The van der Waals surface area contributed by atoms with Crippen molar-refractivity contribution in [1.29, 1.82) is 0 Å². The van der Waals surface area contributed by atoms with Crippen molar-refractivity contribution in [2.45, 2.75) is 37.5 Å². The van der Waals surface area contributed by atoms with Crippen molar-refractivity contribution in [3.05, 3.63) is 47.5 Å². The first-order valence-electron chi connectivity index (χ1n) is 6.78. The Labute approximate surface area is 134 Å². The zero-order valence-electron chi connectivity index (χ0n) is 12.8. The van der Waals surface area contributed by atoms with Crippen molar-refractivity contribution in [3.63, 3.8) is 0 Å². The Morgan fingerprint density at radius 2 is 2.00 bits per heavy atom. The van der Waals surface area contributed by atoms with Crippen LogP contribution in [-0.2, 0) is 10.0 Å². The number of nitrogens with one attached hydrogen (secondary N) is 1. The molecule has 4 nitrogen and oxygen atoms in total. The van der Waals surface area contributed by atoms with Gasteiger partial charge in [-0.2, -0.15) is 5.10 Å². The number of alkyl halides is 1. The van der Waals surface area contributed by atoms with E-state index in [1.807, 2.05) is 19.6 Å². The van der Waals surface area contributed by atoms with Crippen LogP contribution >= 0.6 is 11.6 Å². The van der Waals surface area contributed by atoms with E-state index in [1.165, 1.54) is 18.5 Å². The Kier molecular flexibility index (Phi) is 4.69. The summed E-state index contributed by atoms with van der Waals surface area (Å²) in [5.74, 6) is -0.987. The van der Waals surface area contributed by atoms with E-state index in [1.54, 1.807) is 6.92 Å². The number of aromatic amines is 1. The summed E-state index contributed by atoms with van der Waals surface area (Å²) in [5.41, 5.74) is -1.02. The SMILES string of the molecule is CC(O[Si](C)(C)C)(c1ccc(F)cc1F)C(Cl)c1ncn[nH]1. The van der Waals surface area contributed by atoms with E-state index in [0.717, 1.165) is 6.07 Å². The molecule has 22 heavy (non-hydrogen) atoms. The van der Waals surface area contributed by atoms with Gasteiger partial charge in [-0.3, -0.25) is 5.10 Å². The van der Waals surface area contributed by atoms with Crippen molar-refractivity contribution >= 4 is 19.9 Å². The van der Waals surface area contributed by atoms with E-state index in [9.17, 15) is 8.78 Å². The minimum absolute atomic E-state index is 0.188. The topological polar surface area (TPSA) is 50.8 Å². The molecule has 0 fully saturated rings. The molecule has 2 atom stereocenters. The Morgan fingerprint density at radius 3 is 2.50 bits per heavy atom. The molecule has 0 aliphatic rings. The first kappa shape index (κ1) is 17.0. The third kappa shape index (κ3) is 3.53. The van der Waals surface area contributed by atoms with Gasteiger partial charge < -0.3 is 4.43 Å². The van der Waals surface area contributed by atoms with Crippen LogP contribution in [0.15, 0.2) is 24.5 Å². The maximum atomic E-state index is 14.3. The number of benzene rings is 1. The molecule has 2 aromatic rings. The average molecular weight is 346 g/mol. The highest BCUT2D eigenvalue weighted by atomic mass is 35.5. The summed E-state index contributed by atoms with van der Waals surface area (Å²) in [6.45, 7) is 7.59. The molecule has 0 aliphatic carbocycles. The van der Waals surface area contributed by atoms with Crippen LogP contribution in [-0.4, -0.2) is 23.5 Å². The zero-order chi connectivity index (χ0) is 16.5. The van der Waals surface area contributed by atoms with E-state index in [-0.39, 0.29) is 5.56 Å². The standard InChI is InChI=1S/C14H18ClF2N3OSi/c1-14(21-22(2,3)4,12(15)13-18-8-19-20-13)10-6-5-9(16)7-11(10)17/h5-8,12H,1-4H3,(H,18,19,20). The second-order valence-corrected chi connectivity index (χ2v) is 11.0. The van der Waals surface area contributed by atoms with E-state index in [0.29, 0.717) is 5.82 Å². The maximum absolute atomic E-state index is 14.3. The minimum atomic E-state index is -2.09. The van der Waals surface area contributed by atoms with Crippen molar-refractivity contribution in [1.82, 2.24) is 15.2 Å². The molecule has 0 saturated carbocycles. The summed E-state index contributed by atoms with van der Waals surface area (Å²) >= 11 is 6.51. The van der Waals surface area contributed by atoms with Gasteiger partial charge in [-0.1, -0.05) is 6.07 Å². The van der Waals surface area contributed by atoms with E-state index in [4.69, 9.17) is 16.0 Å². The first-order valence-corrected chi connectivity index (χ1v) is 10.6. The zero-order valence-corrected chi connectivity index (χ0v) is 14.6. The van der Waals surface area contributed by atoms with Gasteiger partial charge in [0.25, 0.3) is 0 Å². The van der Waals surface area contributed by atoms with E-state index >= 15 is 0 Å². The smallest absolute Gasteiger partial charge is 0.185 e. The fourth-order valence-corrected chi connectivity index (χ4v) is 4.21. The summed E-state index contributed by atoms with van der Waals surface area (Å²) in [7, 11) is -2.09. The molecule has 0 spiro atoms. The van der Waals surface area contributed by atoms with Gasteiger partial charge in [-0.15, -0.1) is 11.6 Å². The molecule has 120 valence electrons. The summed E-state index contributed by atoms with van der Waals surface area (Å²) < 4.78 is 33.7. The molecule has 0 radical (unpaired) electrons. The van der Waals surface area contributed by atoms with Crippen molar-refractivity contribution in [2.24, 2.45) is 0 Å². The lowest BCUT2D eigenvalue weighted by atomic mass is 9.91. The largest absolute Gasteiger partial charge is 0.406 e. The lowest BCUT2D eigenvalue weighted by Crippen LogP contribution is -2.42. The van der Waals surface area contributed by atoms with Crippen LogP contribution in [0, 0.1) is 11.6 Å². The van der Waals surface area contributed by atoms with E-state index < -0.39 is 30.9 Å². The van der Waals surface area contributed by atoms with Gasteiger partial charge in [-0.25, -0.2) is 13.8 Å². The summed E-state index contributed by atoms with van der Waals surface area (Å²) in [5, 5.41) is 5.64. The number of aromatic nitrogens is 3. The van der Waals surface area contributed by atoms with Crippen LogP contribution in [0.2, 0.25) is 19.6 Å². The van der Waals surface area contributed by atoms with Gasteiger partial charge in [0.1, 0.15) is 34.8 Å². The van der Waals surface area contributed by atoms with Crippen LogP contribution in [0.5, 0.6) is 0 Å². The van der Waals surface area contributed by atoms with Gasteiger partial charge in [0.15, 0.2) is 8.32 Å². The van der Waals surface area contributed by atoms with Gasteiger partial charge in [0.2, 0.25) is 0 Å². The molecule has 0 saturated heterocycles. The number of hydrogen-bond acceptors (Lipinski definition) is 3. The lowest BCUT2D eigenvalue weighted by Gasteiger charge is -2.39. The predicted octanol–water partition coefficient (Wildman–Crippen LogP) is 4.13. The van der Waals surface area contributed by atoms with Crippen molar-refractivity contribution < 1.29 is 13.2 Å². The monoisotopic (exact) mass is 345 g/mol. The van der Waals surface area contributed by atoms with Crippen LogP contribution in [0.3, 0.4) is 0 Å².